The average molecular weight is 235 g/mol. The lowest BCUT2D eigenvalue weighted by Gasteiger charge is -2.21. The van der Waals surface area contributed by atoms with Crippen LogP contribution in [0.2, 0.25) is 0 Å². The zero-order valence-electron chi connectivity index (χ0n) is 10.7. The summed E-state index contributed by atoms with van der Waals surface area (Å²) in [6.07, 6.45) is 0. The van der Waals surface area contributed by atoms with Crippen molar-refractivity contribution in [1.82, 2.24) is 10.6 Å². The van der Waals surface area contributed by atoms with Crippen molar-refractivity contribution in [3.05, 3.63) is 35.9 Å². The summed E-state index contributed by atoms with van der Waals surface area (Å²) in [5.74, 6) is 0. The molecule has 4 heteroatoms. The Kier molecular flexibility index (Phi) is 4.52. The fourth-order valence-electron chi connectivity index (χ4n) is 1.41. The van der Waals surface area contributed by atoms with Crippen LogP contribution in [0.5, 0.6) is 0 Å². The zero-order valence-corrected chi connectivity index (χ0v) is 10.7. The molecule has 4 nitrogen and oxygen atoms in total. The summed E-state index contributed by atoms with van der Waals surface area (Å²) in [5.41, 5.74) is 6.75. The number of carbonyl (C=O) groups excluding carboxylic acids is 1. The molecule has 0 aliphatic rings. The Labute approximate surface area is 103 Å². The van der Waals surface area contributed by atoms with Crippen molar-refractivity contribution in [1.29, 1.82) is 0 Å². The Hall–Kier alpha value is -1.55. The van der Waals surface area contributed by atoms with Gasteiger partial charge in [0.25, 0.3) is 0 Å². The number of benzene rings is 1. The molecule has 0 saturated carbocycles. The molecule has 94 valence electrons. The van der Waals surface area contributed by atoms with E-state index in [0.29, 0.717) is 6.54 Å². The molecule has 2 amide bonds. The van der Waals surface area contributed by atoms with E-state index in [9.17, 15) is 4.79 Å². The maximum absolute atomic E-state index is 11.5. The highest BCUT2D eigenvalue weighted by Crippen LogP contribution is 2.07. The fourth-order valence-corrected chi connectivity index (χ4v) is 1.41. The minimum Gasteiger partial charge on any atom is -0.336 e. The zero-order chi connectivity index (χ0) is 12.9. The summed E-state index contributed by atoms with van der Waals surface area (Å²) in [6, 6.07) is 9.35. The van der Waals surface area contributed by atoms with E-state index in [1.54, 1.807) is 0 Å². The number of hydrogen-bond donors (Lipinski definition) is 3. The van der Waals surface area contributed by atoms with Gasteiger partial charge in [0.05, 0.1) is 0 Å². The van der Waals surface area contributed by atoms with Gasteiger partial charge in [0.15, 0.2) is 0 Å². The summed E-state index contributed by atoms with van der Waals surface area (Å²) < 4.78 is 0. The summed E-state index contributed by atoms with van der Waals surface area (Å²) in [4.78, 5) is 11.5. The molecular formula is C13H21N3O. The molecule has 4 N–H and O–H groups in total. The Balaban J connectivity index is 2.39. The number of nitrogens with one attached hydrogen (secondary N) is 2. The Morgan fingerprint density at radius 1 is 1.29 bits per heavy atom. The van der Waals surface area contributed by atoms with Gasteiger partial charge in [-0.05, 0) is 26.3 Å². The van der Waals surface area contributed by atoms with Gasteiger partial charge < -0.3 is 16.4 Å². The molecule has 0 bridgehead atoms. The van der Waals surface area contributed by atoms with Crippen LogP contribution in [0.1, 0.15) is 32.4 Å². The molecule has 0 saturated heterocycles. The van der Waals surface area contributed by atoms with E-state index in [0.717, 1.165) is 5.56 Å². The summed E-state index contributed by atoms with van der Waals surface area (Å²) in [7, 11) is 0. The van der Waals surface area contributed by atoms with Crippen LogP contribution in [0.15, 0.2) is 30.3 Å². The molecule has 1 aromatic carbocycles. The normalized spacial score (nSPS) is 12.9. The van der Waals surface area contributed by atoms with Gasteiger partial charge in [0.1, 0.15) is 0 Å². The lowest BCUT2D eigenvalue weighted by atomic mass is 10.1. The van der Waals surface area contributed by atoms with Crippen LogP contribution in [-0.4, -0.2) is 18.1 Å². The monoisotopic (exact) mass is 235 g/mol. The number of carbonyl (C=O) groups is 1. The van der Waals surface area contributed by atoms with E-state index in [1.165, 1.54) is 0 Å². The van der Waals surface area contributed by atoms with Crippen molar-refractivity contribution in [3.8, 4) is 0 Å². The molecule has 0 heterocycles. The van der Waals surface area contributed by atoms with Crippen LogP contribution in [0, 0.1) is 0 Å². The second kappa shape index (κ2) is 5.68. The lowest BCUT2D eigenvalue weighted by molar-refractivity contribution is 0.231. The fraction of sp³-hybridized carbons (Fsp3) is 0.462. The highest BCUT2D eigenvalue weighted by molar-refractivity contribution is 5.74. The van der Waals surface area contributed by atoms with E-state index in [-0.39, 0.29) is 17.6 Å². The molecule has 0 aliphatic carbocycles. The molecule has 0 spiro atoms. The first-order valence-corrected chi connectivity index (χ1v) is 5.75. The van der Waals surface area contributed by atoms with Gasteiger partial charge in [0, 0.05) is 18.1 Å². The third-order valence-corrected chi connectivity index (χ3v) is 2.20. The van der Waals surface area contributed by atoms with Gasteiger partial charge >= 0.3 is 6.03 Å². The SMILES string of the molecule is CC(C)(C)NC(=O)NCC(N)c1ccccc1. The lowest BCUT2D eigenvalue weighted by Crippen LogP contribution is -2.47. The second-order valence-electron chi connectivity index (χ2n) is 5.10. The van der Waals surface area contributed by atoms with E-state index < -0.39 is 0 Å². The van der Waals surface area contributed by atoms with Crippen molar-refractivity contribution in [2.45, 2.75) is 32.4 Å². The molecule has 0 aliphatic heterocycles. The first-order chi connectivity index (χ1) is 7.88. The highest BCUT2D eigenvalue weighted by atomic mass is 16.2. The van der Waals surface area contributed by atoms with Crippen molar-refractivity contribution >= 4 is 6.03 Å². The van der Waals surface area contributed by atoms with Gasteiger partial charge in [-0.2, -0.15) is 0 Å². The molecular weight excluding hydrogens is 214 g/mol. The van der Waals surface area contributed by atoms with Crippen molar-refractivity contribution < 1.29 is 4.79 Å². The van der Waals surface area contributed by atoms with Crippen LogP contribution >= 0.6 is 0 Å². The number of rotatable bonds is 3. The predicted molar refractivity (Wildman–Crippen MR) is 69.7 cm³/mol. The Morgan fingerprint density at radius 3 is 2.41 bits per heavy atom. The molecule has 0 fully saturated rings. The van der Waals surface area contributed by atoms with Crippen molar-refractivity contribution in [3.63, 3.8) is 0 Å². The van der Waals surface area contributed by atoms with Gasteiger partial charge in [-0.1, -0.05) is 30.3 Å². The third-order valence-electron chi connectivity index (χ3n) is 2.20. The van der Waals surface area contributed by atoms with Gasteiger partial charge in [-0.3, -0.25) is 0 Å². The minimum atomic E-state index is -0.235. The number of amides is 2. The molecule has 1 rings (SSSR count). The second-order valence-corrected chi connectivity index (χ2v) is 5.10. The van der Waals surface area contributed by atoms with Crippen LogP contribution in [0.3, 0.4) is 0 Å². The summed E-state index contributed by atoms with van der Waals surface area (Å²) in [5, 5.41) is 5.58. The van der Waals surface area contributed by atoms with Crippen LogP contribution in [0.25, 0.3) is 0 Å². The first kappa shape index (κ1) is 13.5. The van der Waals surface area contributed by atoms with E-state index in [1.807, 2.05) is 51.1 Å². The number of urea groups is 1. The highest BCUT2D eigenvalue weighted by Gasteiger charge is 2.14. The third kappa shape index (κ3) is 5.36. The van der Waals surface area contributed by atoms with Gasteiger partial charge in [-0.15, -0.1) is 0 Å². The standard InChI is InChI=1S/C13H21N3O/c1-13(2,3)16-12(17)15-9-11(14)10-7-5-4-6-8-10/h4-8,11H,9,14H2,1-3H3,(H2,15,16,17). The van der Waals surface area contributed by atoms with Gasteiger partial charge in [0.2, 0.25) is 0 Å². The number of nitrogens with two attached hydrogens (primary N) is 1. The Bertz CT molecular complexity index is 357. The number of hydrogen-bond acceptors (Lipinski definition) is 2. The predicted octanol–water partition coefficient (Wildman–Crippen LogP) is 1.78. The first-order valence-electron chi connectivity index (χ1n) is 5.75. The van der Waals surface area contributed by atoms with Gasteiger partial charge in [-0.25, -0.2) is 4.79 Å². The maximum Gasteiger partial charge on any atom is 0.315 e. The Morgan fingerprint density at radius 2 is 1.88 bits per heavy atom. The van der Waals surface area contributed by atoms with E-state index >= 15 is 0 Å². The molecule has 1 atom stereocenters. The summed E-state index contributed by atoms with van der Waals surface area (Å²) >= 11 is 0. The van der Waals surface area contributed by atoms with Crippen LogP contribution in [0.4, 0.5) is 4.79 Å². The molecule has 17 heavy (non-hydrogen) atoms. The van der Waals surface area contributed by atoms with Crippen molar-refractivity contribution in [2.75, 3.05) is 6.54 Å². The van der Waals surface area contributed by atoms with Crippen molar-refractivity contribution in [2.24, 2.45) is 5.73 Å². The molecule has 1 unspecified atom stereocenters. The maximum atomic E-state index is 11.5. The molecule has 1 aromatic rings. The minimum absolute atomic E-state index is 0.179. The van der Waals surface area contributed by atoms with E-state index in [2.05, 4.69) is 10.6 Å². The van der Waals surface area contributed by atoms with Crippen LogP contribution < -0.4 is 16.4 Å². The molecule has 0 aromatic heterocycles. The molecule has 0 radical (unpaired) electrons. The largest absolute Gasteiger partial charge is 0.336 e. The smallest absolute Gasteiger partial charge is 0.315 e. The van der Waals surface area contributed by atoms with E-state index in [4.69, 9.17) is 5.73 Å². The van der Waals surface area contributed by atoms with Crippen LogP contribution in [-0.2, 0) is 0 Å². The summed E-state index contributed by atoms with van der Waals surface area (Å²) in [6.45, 7) is 6.23. The topological polar surface area (TPSA) is 67.2 Å². The quantitative estimate of drug-likeness (QED) is 0.747. The average Bonchev–Trinajstić information content (AvgIpc) is 2.25.